The van der Waals surface area contributed by atoms with Crippen molar-refractivity contribution in [3.63, 3.8) is 0 Å². The highest BCUT2D eigenvalue weighted by Crippen LogP contribution is 2.24. The summed E-state index contributed by atoms with van der Waals surface area (Å²) in [6, 6.07) is 6.81. The maximum Gasteiger partial charge on any atom is 0.194 e. The summed E-state index contributed by atoms with van der Waals surface area (Å²) in [6.07, 6.45) is 4.02. The van der Waals surface area contributed by atoms with Gasteiger partial charge in [0.1, 0.15) is 0 Å². The molecule has 1 fully saturated rings. The van der Waals surface area contributed by atoms with Crippen LogP contribution >= 0.6 is 0 Å². The molecule has 1 aromatic heterocycles. The summed E-state index contributed by atoms with van der Waals surface area (Å²) in [5.74, 6) is 1.01. The molecule has 0 bridgehead atoms. The van der Waals surface area contributed by atoms with Gasteiger partial charge in [0.05, 0.1) is 18.8 Å². The Balaban J connectivity index is 1.68. The van der Waals surface area contributed by atoms with Crippen LogP contribution in [0.1, 0.15) is 29.7 Å². The average molecular weight is 412 g/mol. The van der Waals surface area contributed by atoms with E-state index in [1.807, 2.05) is 17.9 Å². The fraction of sp³-hybridized carbons (Fsp3) is 0.565. The van der Waals surface area contributed by atoms with Gasteiger partial charge in [-0.15, -0.1) is 0 Å². The van der Waals surface area contributed by atoms with Crippen LogP contribution in [0, 0.1) is 13.8 Å². The number of piperazine rings is 1. The SMILES string of the molecule is CCNC(=NCC(c1cnn(C)c1)N(C)C)N1CCN(c2cccc(C)c2C)CC1. The smallest absolute Gasteiger partial charge is 0.194 e. The second kappa shape index (κ2) is 9.98. The number of nitrogens with zero attached hydrogens (tertiary/aromatic N) is 6. The van der Waals surface area contributed by atoms with Gasteiger partial charge in [-0.05, 0) is 52.1 Å². The first-order chi connectivity index (χ1) is 14.4. The Kier molecular flexibility index (Phi) is 7.37. The van der Waals surface area contributed by atoms with Gasteiger partial charge < -0.3 is 20.0 Å². The maximum atomic E-state index is 5.01. The minimum atomic E-state index is 0.212. The number of hydrogen-bond acceptors (Lipinski definition) is 4. The number of rotatable bonds is 6. The van der Waals surface area contributed by atoms with Crippen molar-refractivity contribution in [2.45, 2.75) is 26.8 Å². The fourth-order valence-corrected chi connectivity index (χ4v) is 4.02. The van der Waals surface area contributed by atoms with Gasteiger partial charge in [-0.3, -0.25) is 9.67 Å². The molecule has 1 saturated heterocycles. The van der Waals surface area contributed by atoms with Crippen LogP contribution in [0.4, 0.5) is 5.69 Å². The normalized spacial score (nSPS) is 16.3. The summed E-state index contributed by atoms with van der Waals surface area (Å²) in [4.78, 5) is 12.1. The molecule has 30 heavy (non-hydrogen) atoms. The number of aliphatic imine (C=N–C) groups is 1. The minimum Gasteiger partial charge on any atom is -0.368 e. The highest BCUT2D eigenvalue weighted by atomic mass is 15.4. The van der Waals surface area contributed by atoms with Crippen molar-refractivity contribution in [2.75, 3.05) is 58.3 Å². The molecule has 0 aliphatic carbocycles. The Morgan fingerprint density at radius 1 is 1.20 bits per heavy atom. The molecule has 1 unspecified atom stereocenters. The molecular formula is C23H37N7. The number of benzene rings is 1. The third kappa shape index (κ3) is 5.14. The zero-order chi connectivity index (χ0) is 21.7. The van der Waals surface area contributed by atoms with Crippen LogP contribution in [0.15, 0.2) is 35.6 Å². The molecule has 2 aromatic rings. The van der Waals surface area contributed by atoms with Crippen LogP contribution in [0.5, 0.6) is 0 Å². The van der Waals surface area contributed by atoms with E-state index in [-0.39, 0.29) is 6.04 Å². The molecule has 7 heteroatoms. The summed E-state index contributed by atoms with van der Waals surface area (Å²) in [7, 11) is 6.16. The Bertz CT molecular complexity index is 847. The summed E-state index contributed by atoms with van der Waals surface area (Å²) >= 11 is 0. The number of hydrogen-bond donors (Lipinski definition) is 1. The van der Waals surface area contributed by atoms with Crippen LogP contribution in [0.3, 0.4) is 0 Å². The highest BCUT2D eigenvalue weighted by molar-refractivity contribution is 5.80. The molecule has 1 atom stereocenters. The lowest BCUT2D eigenvalue weighted by Gasteiger charge is -2.38. The van der Waals surface area contributed by atoms with E-state index < -0.39 is 0 Å². The molecule has 0 saturated carbocycles. The van der Waals surface area contributed by atoms with E-state index in [1.165, 1.54) is 22.4 Å². The van der Waals surface area contributed by atoms with Crippen LogP contribution in [0.25, 0.3) is 0 Å². The van der Waals surface area contributed by atoms with Crippen LogP contribution in [0.2, 0.25) is 0 Å². The van der Waals surface area contributed by atoms with Gasteiger partial charge in [0.25, 0.3) is 0 Å². The van der Waals surface area contributed by atoms with Gasteiger partial charge in [-0.2, -0.15) is 5.10 Å². The lowest BCUT2D eigenvalue weighted by atomic mass is 10.1. The zero-order valence-electron chi connectivity index (χ0n) is 19.4. The van der Waals surface area contributed by atoms with Crippen molar-refractivity contribution in [1.29, 1.82) is 0 Å². The number of guanidine groups is 1. The second-order valence-electron chi connectivity index (χ2n) is 8.31. The quantitative estimate of drug-likeness (QED) is 0.584. The first-order valence-electron chi connectivity index (χ1n) is 10.9. The molecule has 1 aromatic carbocycles. The van der Waals surface area contributed by atoms with Crippen molar-refractivity contribution in [1.82, 2.24) is 24.9 Å². The van der Waals surface area contributed by atoms with Gasteiger partial charge in [-0.1, -0.05) is 12.1 Å². The second-order valence-corrected chi connectivity index (χ2v) is 8.31. The van der Waals surface area contributed by atoms with Gasteiger partial charge in [-0.25, -0.2) is 0 Å². The zero-order valence-corrected chi connectivity index (χ0v) is 19.4. The Labute approximate surface area is 181 Å². The van der Waals surface area contributed by atoms with E-state index in [0.717, 1.165) is 38.7 Å². The van der Waals surface area contributed by atoms with Gasteiger partial charge in [0.15, 0.2) is 5.96 Å². The minimum absolute atomic E-state index is 0.212. The first-order valence-corrected chi connectivity index (χ1v) is 10.9. The van der Waals surface area contributed by atoms with Crippen molar-refractivity contribution in [3.05, 3.63) is 47.3 Å². The molecule has 0 amide bonds. The molecule has 0 spiro atoms. The lowest BCUT2D eigenvalue weighted by Crippen LogP contribution is -2.52. The lowest BCUT2D eigenvalue weighted by molar-refractivity contribution is 0.303. The summed E-state index contributed by atoms with van der Waals surface area (Å²) in [5, 5.41) is 7.83. The molecule has 1 aliphatic heterocycles. The highest BCUT2D eigenvalue weighted by Gasteiger charge is 2.22. The van der Waals surface area contributed by atoms with Crippen LogP contribution < -0.4 is 10.2 Å². The van der Waals surface area contributed by atoms with E-state index in [1.54, 1.807) is 0 Å². The van der Waals surface area contributed by atoms with Crippen molar-refractivity contribution in [3.8, 4) is 0 Å². The van der Waals surface area contributed by atoms with Crippen LogP contribution in [-0.4, -0.2) is 78.9 Å². The van der Waals surface area contributed by atoms with Crippen molar-refractivity contribution < 1.29 is 0 Å². The number of nitrogens with one attached hydrogen (secondary N) is 1. The monoisotopic (exact) mass is 411 g/mol. The van der Waals surface area contributed by atoms with E-state index >= 15 is 0 Å². The summed E-state index contributed by atoms with van der Waals surface area (Å²) in [6.45, 7) is 12.1. The fourth-order valence-electron chi connectivity index (χ4n) is 4.02. The first kappa shape index (κ1) is 22.2. The molecule has 164 valence electrons. The third-order valence-corrected chi connectivity index (χ3v) is 5.98. The molecule has 7 nitrogen and oxygen atoms in total. The number of aryl methyl sites for hydroxylation is 2. The molecular weight excluding hydrogens is 374 g/mol. The van der Waals surface area contributed by atoms with Gasteiger partial charge in [0.2, 0.25) is 0 Å². The number of aromatic nitrogens is 2. The van der Waals surface area contributed by atoms with E-state index in [4.69, 9.17) is 4.99 Å². The Hall–Kier alpha value is -2.54. The number of likely N-dealkylation sites (N-methyl/N-ethyl adjacent to an activating group) is 1. The van der Waals surface area contributed by atoms with E-state index in [9.17, 15) is 0 Å². The maximum absolute atomic E-state index is 5.01. The largest absolute Gasteiger partial charge is 0.368 e. The molecule has 1 aliphatic rings. The van der Waals surface area contributed by atoms with Gasteiger partial charge in [0, 0.05) is 57.2 Å². The molecule has 1 N–H and O–H groups in total. The average Bonchev–Trinajstić information content (AvgIpc) is 3.15. The molecule has 3 rings (SSSR count). The standard InChI is InChI=1S/C23H37N7/c1-7-24-23(25-16-22(27(4)5)20-15-26-28(6)17-20)30-13-11-29(12-14-30)21-10-8-9-18(2)19(21)3/h8-10,15,17,22H,7,11-14,16H2,1-6H3,(H,24,25). The predicted octanol–water partition coefficient (Wildman–Crippen LogP) is 2.43. The molecule has 2 heterocycles. The van der Waals surface area contributed by atoms with E-state index in [2.05, 4.69) is 84.4 Å². The molecule has 0 radical (unpaired) electrons. The van der Waals surface area contributed by atoms with Gasteiger partial charge >= 0.3 is 0 Å². The summed E-state index contributed by atoms with van der Waals surface area (Å²) < 4.78 is 1.85. The third-order valence-electron chi connectivity index (χ3n) is 5.98. The van der Waals surface area contributed by atoms with Crippen molar-refractivity contribution in [2.24, 2.45) is 12.0 Å². The summed E-state index contributed by atoms with van der Waals surface area (Å²) in [5.41, 5.74) is 5.30. The Morgan fingerprint density at radius 2 is 1.93 bits per heavy atom. The predicted molar refractivity (Wildman–Crippen MR) is 125 cm³/mol. The topological polar surface area (TPSA) is 51.9 Å². The number of anilines is 1. The van der Waals surface area contributed by atoms with Crippen LogP contribution in [-0.2, 0) is 7.05 Å². The Morgan fingerprint density at radius 3 is 2.53 bits per heavy atom. The van der Waals surface area contributed by atoms with E-state index in [0.29, 0.717) is 6.54 Å². The van der Waals surface area contributed by atoms with Crippen molar-refractivity contribution >= 4 is 11.6 Å².